The second-order valence-electron chi connectivity index (χ2n) is 6.33. The molecule has 1 aromatic carbocycles. The lowest BCUT2D eigenvalue weighted by molar-refractivity contribution is -0.142. The van der Waals surface area contributed by atoms with E-state index in [0.29, 0.717) is 25.4 Å². The molecule has 1 fully saturated rings. The van der Waals surface area contributed by atoms with Gasteiger partial charge in [0, 0.05) is 31.9 Å². The van der Waals surface area contributed by atoms with E-state index in [4.69, 9.17) is 0 Å². The molecule has 5 nitrogen and oxygen atoms in total. The largest absolute Gasteiger partial charge is 0.383 e. The standard InChI is InChI=1S/C18H23N3O2/c1-14-7-9-20(12-16(14)21-10-8-19-13-21)18(23)17(22)11-15-5-3-2-4-6-15/h2-6,8,10,13-14,16-17,22H,7,9,11-12H2,1H3/t14?,16?,17-/m0/s1. The maximum atomic E-state index is 12.6. The molecule has 2 aromatic rings. The monoisotopic (exact) mass is 313 g/mol. The van der Waals surface area contributed by atoms with Crippen LogP contribution in [0.15, 0.2) is 49.1 Å². The maximum Gasteiger partial charge on any atom is 0.251 e. The Morgan fingerprint density at radius 2 is 2.17 bits per heavy atom. The van der Waals surface area contributed by atoms with Gasteiger partial charge in [0.2, 0.25) is 0 Å². The van der Waals surface area contributed by atoms with Gasteiger partial charge in [-0.1, -0.05) is 37.3 Å². The lowest BCUT2D eigenvalue weighted by Gasteiger charge is -2.38. The third-order valence-corrected chi connectivity index (χ3v) is 4.70. The highest BCUT2D eigenvalue weighted by atomic mass is 16.3. The Morgan fingerprint density at radius 1 is 1.39 bits per heavy atom. The first-order valence-electron chi connectivity index (χ1n) is 8.13. The summed E-state index contributed by atoms with van der Waals surface area (Å²) < 4.78 is 2.06. The van der Waals surface area contributed by atoms with Crippen molar-refractivity contribution in [2.75, 3.05) is 13.1 Å². The van der Waals surface area contributed by atoms with Crippen LogP contribution in [-0.2, 0) is 11.2 Å². The Kier molecular flexibility index (Phi) is 4.76. The lowest BCUT2D eigenvalue weighted by atomic mass is 9.92. The van der Waals surface area contributed by atoms with Gasteiger partial charge < -0.3 is 14.6 Å². The molecule has 0 bridgehead atoms. The predicted molar refractivity (Wildman–Crippen MR) is 87.8 cm³/mol. The van der Waals surface area contributed by atoms with Gasteiger partial charge in [0.1, 0.15) is 6.10 Å². The highest BCUT2D eigenvalue weighted by Gasteiger charge is 2.32. The summed E-state index contributed by atoms with van der Waals surface area (Å²) in [7, 11) is 0. The van der Waals surface area contributed by atoms with Gasteiger partial charge in [0.05, 0.1) is 12.4 Å². The van der Waals surface area contributed by atoms with Gasteiger partial charge in [-0.05, 0) is 17.9 Å². The Labute approximate surface area is 136 Å². The van der Waals surface area contributed by atoms with Gasteiger partial charge in [-0.15, -0.1) is 0 Å². The zero-order valence-electron chi connectivity index (χ0n) is 13.4. The molecule has 1 aliphatic rings. The van der Waals surface area contributed by atoms with E-state index in [1.54, 1.807) is 17.4 Å². The number of aliphatic hydroxyl groups excluding tert-OH is 1. The highest BCUT2D eigenvalue weighted by Crippen LogP contribution is 2.27. The van der Waals surface area contributed by atoms with Gasteiger partial charge in [-0.2, -0.15) is 0 Å². The quantitative estimate of drug-likeness (QED) is 0.938. The summed E-state index contributed by atoms with van der Waals surface area (Å²) in [6.07, 6.45) is 5.82. The van der Waals surface area contributed by atoms with Crippen LogP contribution in [0.3, 0.4) is 0 Å². The number of rotatable bonds is 4. The average Bonchev–Trinajstić information content (AvgIpc) is 3.10. The molecule has 1 amide bonds. The Hall–Kier alpha value is -2.14. The second kappa shape index (κ2) is 6.96. The molecule has 122 valence electrons. The number of aliphatic hydroxyl groups is 1. The first-order valence-corrected chi connectivity index (χ1v) is 8.13. The summed E-state index contributed by atoms with van der Waals surface area (Å²) in [4.78, 5) is 18.5. The van der Waals surface area contributed by atoms with Crippen molar-refractivity contribution in [2.24, 2.45) is 5.92 Å². The first-order chi connectivity index (χ1) is 11.1. The lowest BCUT2D eigenvalue weighted by Crippen LogP contribution is -2.48. The minimum atomic E-state index is -0.978. The van der Waals surface area contributed by atoms with Crippen molar-refractivity contribution in [3.8, 4) is 0 Å². The van der Waals surface area contributed by atoms with E-state index in [1.165, 1.54) is 0 Å². The molecule has 0 saturated carbocycles. The third-order valence-electron chi connectivity index (χ3n) is 4.70. The van der Waals surface area contributed by atoms with Crippen molar-refractivity contribution in [3.63, 3.8) is 0 Å². The summed E-state index contributed by atoms with van der Waals surface area (Å²) in [6.45, 7) is 3.53. The highest BCUT2D eigenvalue weighted by molar-refractivity contribution is 5.81. The molecule has 0 aliphatic carbocycles. The van der Waals surface area contributed by atoms with E-state index >= 15 is 0 Å². The van der Waals surface area contributed by atoms with E-state index in [-0.39, 0.29) is 11.9 Å². The number of carbonyl (C=O) groups excluding carboxylic acids is 1. The van der Waals surface area contributed by atoms with Crippen molar-refractivity contribution in [1.82, 2.24) is 14.5 Å². The molecule has 2 unspecified atom stereocenters. The van der Waals surface area contributed by atoms with Crippen LogP contribution >= 0.6 is 0 Å². The van der Waals surface area contributed by atoms with Gasteiger partial charge in [0.15, 0.2) is 0 Å². The van der Waals surface area contributed by atoms with Gasteiger partial charge >= 0.3 is 0 Å². The van der Waals surface area contributed by atoms with Crippen LogP contribution in [0.4, 0.5) is 0 Å². The van der Waals surface area contributed by atoms with Crippen LogP contribution < -0.4 is 0 Å². The molecular formula is C18H23N3O2. The molecule has 0 radical (unpaired) electrons. The number of nitrogens with zero attached hydrogens (tertiary/aromatic N) is 3. The Balaban J connectivity index is 1.65. The maximum absolute atomic E-state index is 12.6. The SMILES string of the molecule is CC1CCN(C(=O)[C@@H](O)Cc2ccccc2)CC1n1ccnc1. The van der Waals surface area contributed by atoms with E-state index in [1.807, 2.05) is 36.5 Å². The molecular weight excluding hydrogens is 290 g/mol. The number of likely N-dealkylation sites (tertiary alicyclic amines) is 1. The average molecular weight is 313 g/mol. The number of imidazole rings is 1. The van der Waals surface area contributed by atoms with Gasteiger partial charge in [-0.25, -0.2) is 4.98 Å². The fourth-order valence-electron chi connectivity index (χ4n) is 3.24. The molecule has 1 N–H and O–H groups in total. The van der Waals surface area contributed by atoms with Crippen molar-refractivity contribution in [3.05, 3.63) is 54.6 Å². The van der Waals surface area contributed by atoms with E-state index in [9.17, 15) is 9.90 Å². The fraction of sp³-hybridized carbons (Fsp3) is 0.444. The first kappa shape index (κ1) is 15.7. The molecule has 0 spiro atoms. The normalized spacial score (nSPS) is 22.8. The van der Waals surface area contributed by atoms with Crippen LogP contribution in [0.25, 0.3) is 0 Å². The number of hydrogen-bond donors (Lipinski definition) is 1. The fourth-order valence-corrected chi connectivity index (χ4v) is 3.24. The van der Waals surface area contributed by atoms with Crippen molar-refractivity contribution >= 4 is 5.91 Å². The second-order valence-corrected chi connectivity index (χ2v) is 6.33. The molecule has 23 heavy (non-hydrogen) atoms. The van der Waals surface area contributed by atoms with Gasteiger partial charge in [0.25, 0.3) is 5.91 Å². The third kappa shape index (κ3) is 3.62. The van der Waals surface area contributed by atoms with Crippen molar-refractivity contribution < 1.29 is 9.90 Å². The van der Waals surface area contributed by atoms with Crippen LogP contribution in [-0.4, -0.2) is 44.7 Å². The number of amides is 1. The number of benzene rings is 1. The summed E-state index contributed by atoms with van der Waals surface area (Å²) in [5.74, 6) is 0.311. The van der Waals surface area contributed by atoms with Crippen molar-refractivity contribution in [2.45, 2.75) is 31.9 Å². The molecule has 3 atom stereocenters. The molecule has 1 saturated heterocycles. The topological polar surface area (TPSA) is 58.4 Å². The summed E-state index contributed by atoms with van der Waals surface area (Å²) in [5, 5.41) is 10.3. The van der Waals surface area contributed by atoms with Crippen LogP contribution in [0.1, 0.15) is 24.9 Å². The summed E-state index contributed by atoms with van der Waals surface area (Å²) in [6, 6.07) is 9.86. The van der Waals surface area contributed by atoms with Crippen LogP contribution in [0, 0.1) is 5.92 Å². The minimum absolute atomic E-state index is 0.175. The zero-order valence-corrected chi connectivity index (χ0v) is 13.4. The smallest absolute Gasteiger partial charge is 0.251 e. The number of piperidine rings is 1. The Morgan fingerprint density at radius 3 is 2.87 bits per heavy atom. The van der Waals surface area contributed by atoms with Crippen LogP contribution in [0.2, 0.25) is 0 Å². The van der Waals surface area contributed by atoms with Crippen molar-refractivity contribution in [1.29, 1.82) is 0 Å². The number of aromatic nitrogens is 2. The molecule has 1 aromatic heterocycles. The molecule has 1 aliphatic heterocycles. The molecule has 3 rings (SSSR count). The Bertz CT molecular complexity index is 627. The molecule has 5 heteroatoms. The zero-order chi connectivity index (χ0) is 16.2. The minimum Gasteiger partial charge on any atom is -0.383 e. The summed E-state index contributed by atoms with van der Waals surface area (Å²) >= 11 is 0. The molecule has 2 heterocycles. The van der Waals surface area contributed by atoms with E-state index in [2.05, 4.69) is 16.5 Å². The van der Waals surface area contributed by atoms with E-state index < -0.39 is 6.10 Å². The summed E-state index contributed by atoms with van der Waals surface area (Å²) in [5.41, 5.74) is 0.977. The van der Waals surface area contributed by atoms with Crippen LogP contribution in [0.5, 0.6) is 0 Å². The number of hydrogen-bond acceptors (Lipinski definition) is 3. The predicted octanol–water partition coefficient (Wildman–Crippen LogP) is 1.90. The number of carbonyl (C=O) groups is 1. The van der Waals surface area contributed by atoms with E-state index in [0.717, 1.165) is 12.0 Å². The van der Waals surface area contributed by atoms with Gasteiger partial charge in [-0.3, -0.25) is 4.79 Å².